The van der Waals surface area contributed by atoms with E-state index in [1.807, 2.05) is 32.0 Å². The minimum Gasteiger partial charge on any atom is -0.374 e. The second-order valence-electron chi connectivity index (χ2n) is 6.41. The number of carbonyl (C=O) groups excluding carboxylic acids is 2. The SMILES string of the molecule is Cc1cccc(NC(C)C(=O)NC(=O)NC2CCCCC2)c1C. The molecule has 0 aliphatic heterocycles. The molecule has 1 aliphatic rings. The number of anilines is 1. The van der Waals surface area contributed by atoms with Crippen LogP contribution < -0.4 is 16.0 Å². The van der Waals surface area contributed by atoms with E-state index >= 15 is 0 Å². The van der Waals surface area contributed by atoms with Crippen LogP contribution in [0.3, 0.4) is 0 Å². The maximum atomic E-state index is 12.2. The number of nitrogens with one attached hydrogen (secondary N) is 3. The predicted octanol–water partition coefficient (Wildman–Crippen LogP) is 3.26. The van der Waals surface area contributed by atoms with E-state index < -0.39 is 12.1 Å². The van der Waals surface area contributed by atoms with Crippen LogP contribution in [0.25, 0.3) is 0 Å². The monoisotopic (exact) mass is 317 g/mol. The second kappa shape index (κ2) is 7.99. The molecule has 0 spiro atoms. The summed E-state index contributed by atoms with van der Waals surface area (Å²) in [6, 6.07) is 5.24. The smallest absolute Gasteiger partial charge is 0.321 e. The van der Waals surface area contributed by atoms with Crippen molar-refractivity contribution in [2.45, 2.75) is 65.0 Å². The normalized spacial score (nSPS) is 16.5. The van der Waals surface area contributed by atoms with Crippen molar-refractivity contribution in [3.63, 3.8) is 0 Å². The van der Waals surface area contributed by atoms with Crippen LogP contribution >= 0.6 is 0 Å². The van der Waals surface area contributed by atoms with Crippen molar-refractivity contribution in [3.8, 4) is 0 Å². The van der Waals surface area contributed by atoms with Gasteiger partial charge in [0.25, 0.3) is 0 Å². The molecule has 0 bridgehead atoms. The van der Waals surface area contributed by atoms with Crippen LogP contribution in [0.1, 0.15) is 50.2 Å². The van der Waals surface area contributed by atoms with Crippen LogP contribution in [-0.2, 0) is 4.79 Å². The summed E-state index contributed by atoms with van der Waals surface area (Å²) in [7, 11) is 0. The van der Waals surface area contributed by atoms with Crippen LogP contribution in [-0.4, -0.2) is 24.0 Å². The van der Waals surface area contributed by atoms with Crippen molar-refractivity contribution in [1.82, 2.24) is 10.6 Å². The molecule has 5 nitrogen and oxygen atoms in total. The zero-order valence-corrected chi connectivity index (χ0v) is 14.2. The number of carbonyl (C=O) groups is 2. The Morgan fingerprint density at radius 1 is 1.13 bits per heavy atom. The van der Waals surface area contributed by atoms with Crippen LogP contribution in [0.15, 0.2) is 18.2 Å². The Kier molecular flexibility index (Phi) is 6.02. The first-order valence-corrected chi connectivity index (χ1v) is 8.41. The lowest BCUT2D eigenvalue weighted by molar-refractivity contribution is -0.120. The minimum atomic E-state index is -0.479. The van der Waals surface area contributed by atoms with E-state index in [2.05, 4.69) is 16.0 Å². The average molecular weight is 317 g/mol. The predicted molar refractivity (Wildman–Crippen MR) is 92.5 cm³/mol. The van der Waals surface area contributed by atoms with Gasteiger partial charge in [-0.1, -0.05) is 31.4 Å². The molecule has 126 valence electrons. The molecule has 1 saturated carbocycles. The highest BCUT2D eigenvalue weighted by molar-refractivity contribution is 5.98. The van der Waals surface area contributed by atoms with Gasteiger partial charge in [0.15, 0.2) is 0 Å². The molecule has 0 heterocycles. The molecule has 1 aromatic rings. The van der Waals surface area contributed by atoms with Crippen molar-refractivity contribution < 1.29 is 9.59 Å². The second-order valence-corrected chi connectivity index (χ2v) is 6.41. The molecule has 1 atom stereocenters. The zero-order valence-electron chi connectivity index (χ0n) is 14.2. The van der Waals surface area contributed by atoms with Gasteiger partial charge in [0.05, 0.1) is 0 Å². The zero-order chi connectivity index (χ0) is 16.8. The van der Waals surface area contributed by atoms with Gasteiger partial charge in [-0.3, -0.25) is 10.1 Å². The largest absolute Gasteiger partial charge is 0.374 e. The fraction of sp³-hybridized carbons (Fsp3) is 0.556. The van der Waals surface area contributed by atoms with E-state index in [1.54, 1.807) is 6.92 Å². The molecule has 1 aromatic carbocycles. The van der Waals surface area contributed by atoms with E-state index in [9.17, 15) is 9.59 Å². The molecule has 0 saturated heterocycles. The Morgan fingerprint density at radius 2 is 1.83 bits per heavy atom. The van der Waals surface area contributed by atoms with E-state index in [0.29, 0.717) is 0 Å². The maximum absolute atomic E-state index is 12.2. The Labute approximate surface area is 138 Å². The number of imide groups is 1. The molecule has 1 fully saturated rings. The van der Waals surface area contributed by atoms with Gasteiger partial charge < -0.3 is 10.6 Å². The first-order valence-electron chi connectivity index (χ1n) is 8.41. The molecule has 3 N–H and O–H groups in total. The van der Waals surface area contributed by atoms with Gasteiger partial charge in [-0.25, -0.2) is 4.79 Å². The van der Waals surface area contributed by atoms with Crippen LogP contribution in [0.5, 0.6) is 0 Å². The van der Waals surface area contributed by atoms with Gasteiger partial charge in [-0.15, -0.1) is 0 Å². The third-order valence-electron chi connectivity index (χ3n) is 4.55. The highest BCUT2D eigenvalue weighted by atomic mass is 16.2. The summed E-state index contributed by atoms with van der Waals surface area (Å²) >= 11 is 0. The van der Waals surface area contributed by atoms with Crippen molar-refractivity contribution in [2.75, 3.05) is 5.32 Å². The quantitative estimate of drug-likeness (QED) is 0.798. The fourth-order valence-electron chi connectivity index (χ4n) is 2.89. The standard InChI is InChI=1S/C18H27N3O2/c1-12-8-7-11-16(13(12)2)19-14(3)17(22)21-18(23)20-15-9-5-4-6-10-15/h7-8,11,14-15,19H,4-6,9-10H2,1-3H3,(H2,20,21,22,23). The van der Waals surface area contributed by atoms with E-state index in [0.717, 1.165) is 42.5 Å². The maximum Gasteiger partial charge on any atom is 0.321 e. The van der Waals surface area contributed by atoms with Crippen molar-refractivity contribution in [2.24, 2.45) is 0 Å². The van der Waals surface area contributed by atoms with Crippen molar-refractivity contribution in [3.05, 3.63) is 29.3 Å². The lowest BCUT2D eigenvalue weighted by atomic mass is 9.96. The molecule has 1 aliphatic carbocycles. The number of hydrogen-bond acceptors (Lipinski definition) is 3. The number of hydrogen-bond donors (Lipinski definition) is 3. The molecule has 0 aromatic heterocycles. The highest BCUT2D eigenvalue weighted by Gasteiger charge is 2.20. The van der Waals surface area contributed by atoms with Gasteiger partial charge in [0, 0.05) is 11.7 Å². The average Bonchev–Trinajstić information content (AvgIpc) is 2.52. The lowest BCUT2D eigenvalue weighted by Crippen LogP contribution is -2.49. The van der Waals surface area contributed by atoms with Crippen LogP contribution in [0, 0.1) is 13.8 Å². The minimum absolute atomic E-state index is 0.193. The van der Waals surface area contributed by atoms with Crippen LogP contribution in [0.4, 0.5) is 10.5 Å². The first kappa shape index (κ1) is 17.3. The van der Waals surface area contributed by atoms with E-state index in [4.69, 9.17) is 0 Å². The summed E-state index contributed by atoms with van der Waals surface area (Å²) in [5.41, 5.74) is 3.19. The number of rotatable bonds is 4. The summed E-state index contributed by atoms with van der Waals surface area (Å²) in [6.45, 7) is 5.80. The summed E-state index contributed by atoms with van der Waals surface area (Å²) in [6.07, 6.45) is 5.51. The Hall–Kier alpha value is -2.04. The molecular formula is C18H27N3O2. The van der Waals surface area contributed by atoms with Crippen LogP contribution in [0.2, 0.25) is 0 Å². The highest BCUT2D eigenvalue weighted by Crippen LogP contribution is 2.19. The molecule has 5 heteroatoms. The Bertz CT molecular complexity index is 565. The summed E-state index contributed by atoms with van der Waals surface area (Å²) in [5.74, 6) is -0.320. The number of benzene rings is 1. The van der Waals surface area contributed by atoms with Gasteiger partial charge >= 0.3 is 6.03 Å². The molecular weight excluding hydrogens is 290 g/mol. The van der Waals surface area contributed by atoms with Crippen molar-refractivity contribution >= 4 is 17.6 Å². The topological polar surface area (TPSA) is 70.2 Å². The Morgan fingerprint density at radius 3 is 2.52 bits per heavy atom. The van der Waals surface area contributed by atoms with Gasteiger partial charge in [0.2, 0.25) is 5.91 Å². The third kappa shape index (κ3) is 4.98. The summed E-state index contributed by atoms with van der Waals surface area (Å²) in [4.78, 5) is 24.1. The molecule has 1 unspecified atom stereocenters. The first-order chi connectivity index (χ1) is 11.0. The Balaban J connectivity index is 1.84. The van der Waals surface area contributed by atoms with E-state index in [-0.39, 0.29) is 11.9 Å². The molecule has 23 heavy (non-hydrogen) atoms. The third-order valence-corrected chi connectivity index (χ3v) is 4.55. The molecule has 0 radical (unpaired) electrons. The van der Waals surface area contributed by atoms with Gasteiger partial charge in [0.1, 0.15) is 6.04 Å². The summed E-state index contributed by atoms with van der Waals surface area (Å²) in [5, 5.41) is 8.49. The lowest BCUT2D eigenvalue weighted by Gasteiger charge is -2.23. The number of aryl methyl sites for hydroxylation is 1. The van der Waals surface area contributed by atoms with E-state index in [1.165, 1.54) is 6.42 Å². The van der Waals surface area contributed by atoms with Gasteiger partial charge in [-0.05, 0) is 50.8 Å². The molecule has 3 amide bonds. The number of amides is 3. The summed E-state index contributed by atoms with van der Waals surface area (Å²) < 4.78 is 0. The molecule has 2 rings (SSSR count). The fourth-order valence-corrected chi connectivity index (χ4v) is 2.89. The van der Waals surface area contributed by atoms with Crippen molar-refractivity contribution in [1.29, 1.82) is 0 Å². The number of urea groups is 1. The van der Waals surface area contributed by atoms with Gasteiger partial charge in [-0.2, -0.15) is 0 Å².